The van der Waals surface area contributed by atoms with Gasteiger partial charge in [-0.25, -0.2) is 0 Å². The lowest BCUT2D eigenvalue weighted by molar-refractivity contribution is 0.172. The van der Waals surface area contributed by atoms with Crippen LogP contribution in [0.2, 0.25) is 0 Å². The zero-order valence-corrected chi connectivity index (χ0v) is 10.4. The van der Waals surface area contributed by atoms with Gasteiger partial charge in [0.05, 0.1) is 18.4 Å². The summed E-state index contributed by atoms with van der Waals surface area (Å²) in [5, 5.41) is 3.41. The third-order valence-corrected chi connectivity index (χ3v) is 3.45. The Morgan fingerprint density at radius 3 is 2.21 bits per heavy atom. The first-order valence-electron chi connectivity index (χ1n) is 5.57. The highest BCUT2D eigenvalue weighted by atomic mass is 15.1. The molecule has 0 saturated heterocycles. The molecule has 0 aliphatic carbocycles. The second-order valence-electron chi connectivity index (χ2n) is 6.08. The highest BCUT2D eigenvalue weighted by molar-refractivity contribution is 5.59. The molecule has 1 aliphatic rings. The summed E-state index contributed by atoms with van der Waals surface area (Å²) in [5.74, 6) is 0. The maximum absolute atomic E-state index is 4.57. The standard InChI is InChI=1S/C12H24N2/c1-7-12(5,6)10-9(11(2,3)4)13-8-14-10/h8-10H,7H2,1-6H3,(H,13,14). The van der Waals surface area contributed by atoms with Gasteiger partial charge in [-0.1, -0.05) is 41.5 Å². The van der Waals surface area contributed by atoms with Crippen LogP contribution < -0.4 is 5.32 Å². The van der Waals surface area contributed by atoms with Crippen molar-refractivity contribution in [2.75, 3.05) is 0 Å². The first-order chi connectivity index (χ1) is 6.29. The van der Waals surface area contributed by atoms with E-state index in [1.165, 1.54) is 6.42 Å². The van der Waals surface area contributed by atoms with Crippen molar-refractivity contribution in [3.05, 3.63) is 0 Å². The summed E-state index contributed by atoms with van der Waals surface area (Å²) in [5.41, 5.74) is 0.561. The second kappa shape index (κ2) is 3.56. The van der Waals surface area contributed by atoms with E-state index < -0.39 is 0 Å². The summed E-state index contributed by atoms with van der Waals surface area (Å²) in [4.78, 5) is 4.57. The monoisotopic (exact) mass is 196 g/mol. The van der Waals surface area contributed by atoms with Crippen LogP contribution in [0.3, 0.4) is 0 Å². The smallest absolute Gasteiger partial charge is 0.0831 e. The van der Waals surface area contributed by atoms with Gasteiger partial charge < -0.3 is 5.32 Å². The van der Waals surface area contributed by atoms with Gasteiger partial charge in [-0.15, -0.1) is 0 Å². The summed E-state index contributed by atoms with van der Waals surface area (Å²) in [6.45, 7) is 13.7. The summed E-state index contributed by atoms with van der Waals surface area (Å²) in [6, 6.07) is 0.880. The second-order valence-corrected chi connectivity index (χ2v) is 6.08. The molecule has 14 heavy (non-hydrogen) atoms. The fourth-order valence-corrected chi connectivity index (χ4v) is 1.98. The summed E-state index contributed by atoms with van der Waals surface area (Å²) >= 11 is 0. The summed E-state index contributed by atoms with van der Waals surface area (Å²) in [6.07, 6.45) is 3.07. The van der Waals surface area contributed by atoms with Crippen LogP contribution in [-0.2, 0) is 0 Å². The fraction of sp³-hybridized carbons (Fsp3) is 0.917. The molecule has 1 rings (SSSR count). The van der Waals surface area contributed by atoms with Crippen LogP contribution >= 0.6 is 0 Å². The number of hydrogen-bond acceptors (Lipinski definition) is 2. The highest BCUT2D eigenvalue weighted by Crippen LogP contribution is 2.36. The Bertz CT molecular complexity index is 223. The minimum atomic E-state index is 0.247. The van der Waals surface area contributed by atoms with Crippen molar-refractivity contribution < 1.29 is 0 Å². The molecule has 0 fully saturated rings. The van der Waals surface area contributed by atoms with Crippen LogP contribution in [0.5, 0.6) is 0 Å². The average Bonchev–Trinajstić information content (AvgIpc) is 2.51. The topological polar surface area (TPSA) is 24.4 Å². The zero-order chi connectivity index (χ0) is 11.0. The number of hydrogen-bond donors (Lipinski definition) is 1. The van der Waals surface area contributed by atoms with Crippen molar-refractivity contribution in [1.29, 1.82) is 0 Å². The van der Waals surface area contributed by atoms with Crippen molar-refractivity contribution in [1.82, 2.24) is 5.32 Å². The van der Waals surface area contributed by atoms with Crippen LogP contribution in [-0.4, -0.2) is 18.4 Å². The van der Waals surface area contributed by atoms with E-state index >= 15 is 0 Å². The quantitative estimate of drug-likeness (QED) is 0.721. The lowest BCUT2D eigenvalue weighted by Gasteiger charge is -2.39. The number of aliphatic imine (C=N–C) groups is 1. The van der Waals surface area contributed by atoms with E-state index in [0.29, 0.717) is 17.5 Å². The van der Waals surface area contributed by atoms with E-state index in [4.69, 9.17) is 0 Å². The molecule has 2 atom stereocenters. The fourth-order valence-electron chi connectivity index (χ4n) is 1.98. The molecule has 1 N–H and O–H groups in total. The van der Waals surface area contributed by atoms with E-state index in [1.54, 1.807) is 0 Å². The Kier molecular flexibility index (Phi) is 2.93. The van der Waals surface area contributed by atoms with Crippen LogP contribution in [0.1, 0.15) is 48.0 Å². The minimum Gasteiger partial charge on any atom is -0.371 e. The van der Waals surface area contributed by atoms with E-state index in [-0.39, 0.29) is 5.41 Å². The number of nitrogens with zero attached hydrogens (tertiary/aromatic N) is 1. The molecule has 0 spiro atoms. The molecular formula is C12H24N2. The molecule has 0 amide bonds. The number of rotatable bonds is 2. The van der Waals surface area contributed by atoms with E-state index in [9.17, 15) is 0 Å². The molecule has 1 aliphatic heterocycles. The van der Waals surface area contributed by atoms with Crippen molar-refractivity contribution in [2.24, 2.45) is 15.8 Å². The molecule has 2 heteroatoms. The lowest BCUT2D eigenvalue weighted by Crippen LogP contribution is -2.49. The predicted octanol–water partition coefficient (Wildman–Crippen LogP) is 2.84. The van der Waals surface area contributed by atoms with Gasteiger partial charge in [-0.05, 0) is 17.3 Å². The predicted molar refractivity (Wildman–Crippen MR) is 62.7 cm³/mol. The normalized spacial score (nSPS) is 27.9. The average molecular weight is 196 g/mol. The van der Waals surface area contributed by atoms with E-state index in [2.05, 4.69) is 51.9 Å². The van der Waals surface area contributed by atoms with E-state index in [0.717, 1.165) is 0 Å². The van der Waals surface area contributed by atoms with Gasteiger partial charge in [0, 0.05) is 0 Å². The molecule has 2 unspecified atom stereocenters. The van der Waals surface area contributed by atoms with Gasteiger partial charge in [-0.3, -0.25) is 4.99 Å². The SMILES string of the molecule is CCC(C)(C)C1NC=NC1C(C)(C)C. The van der Waals surface area contributed by atoms with Crippen LogP contribution in [0, 0.1) is 10.8 Å². The molecule has 0 aromatic rings. The Balaban J connectivity index is 2.83. The molecule has 0 bridgehead atoms. The molecule has 0 aromatic heterocycles. The molecular weight excluding hydrogens is 172 g/mol. The van der Waals surface area contributed by atoms with Gasteiger partial charge in [0.2, 0.25) is 0 Å². The lowest BCUT2D eigenvalue weighted by atomic mass is 9.71. The molecule has 0 saturated carbocycles. The van der Waals surface area contributed by atoms with Gasteiger partial charge in [0.1, 0.15) is 0 Å². The third-order valence-electron chi connectivity index (χ3n) is 3.45. The van der Waals surface area contributed by atoms with Gasteiger partial charge in [0.15, 0.2) is 0 Å². The molecule has 82 valence electrons. The van der Waals surface area contributed by atoms with E-state index in [1.807, 2.05) is 6.34 Å². The molecule has 0 radical (unpaired) electrons. The Morgan fingerprint density at radius 1 is 1.21 bits per heavy atom. The third kappa shape index (κ3) is 2.10. The summed E-state index contributed by atoms with van der Waals surface area (Å²) in [7, 11) is 0. The Hall–Kier alpha value is -0.530. The maximum atomic E-state index is 4.57. The van der Waals surface area contributed by atoms with Crippen molar-refractivity contribution in [2.45, 2.75) is 60.0 Å². The first kappa shape index (κ1) is 11.5. The minimum absolute atomic E-state index is 0.247. The highest BCUT2D eigenvalue weighted by Gasteiger charge is 2.41. The summed E-state index contributed by atoms with van der Waals surface area (Å²) < 4.78 is 0. The molecule has 2 nitrogen and oxygen atoms in total. The Morgan fingerprint density at radius 2 is 1.79 bits per heavy atom. The first-order valence-corrected chi connectivity index (χ1v) is 5.57. The molecule has 0 aromatic carbocycles. The van der Waals surface area contributed by atoms with Crippen LogP contribution in [0.25, 0.3) is 0 Å². The number of nitrogens with one attached hydrogen (secondary N) is 1. The largest absolute Gasteiger partial charge is 0.371 e. The van der Waals surface area contributed by atoms with Crippen molar-refractivity contribution in [3.63, 3.8) is 0 Å². The van der Waals surface area contributed by atoms with Gasteiger partial charge >= 0.3 is 0 Å². The van der Waals surface area contributed by atoms with Crippen LogP contribution in [0.15, 0.2) is 4.99 Å². The zero-order valence-electron chi connectivity index (χ0n) is 10.4. The van der Waals surface area contributed by atoms with Crippen molar-refractivity contribution in [3.8, 4) is 0 Å². The Labute approximate surface area is 88.2 Å². The van der Waals surface area contributed by atoms with Crippen molar-refractivity contribution >= 4 is 6.34 Å². The van der Waals surface area contributed by atoms with Gasteiger partial charge in [0.25, 0.3) is 0 Å². The maximum Gasteiger partial charge on any atom is 0.0831 e. The molecule has 1 heterocycles. The van der Waals surface area contributed by atoms with Crippen LogP contribution in [0.4, 0.5) is 0 Å². The van der Waals surface area contributed by atoms with Gasteiger partial charge in [-0.2, -0.15) is 0 Å².